The lowest BCUT2D eigenvalue weighted by Gasteiger charge is -2.24. The predicted octanol–water partition coefficient (Wildman–Crippen LogP) is 5.45. The van der Waals surface area contributed by atoms with Crippen LogP contribution in [0.4, 0.5) is 25.0 Å². The second kappa shape index (κ2) is 9.64. The number of nitrogens with zero attached hydrogens (tertiary/aromatic N) is 2. The molecule has 1 fully saturated rings. The average molecular weight is 488 g/mol. The minimum Gasteiger partial charge on any atom is -0.476 e. The van der Waals surface area contributed by atoms with Crippen LogP contribution in [0.25, 0.3) is 0 Å². The van der Waals surface area contributed by atoms with Gasteiger partial charge >= 0.3 is 12.1 Å². The quantitative estimate of drug-likeness (QED) is 0.430. The van der Waals surface area contributed by atoms with Crippen molar-refractivity contribution >= 4 is 35.0 Å². The molecular formula is C24H20ClF2N3O4. The summed E-state index contributed by atoms with van der Waals surface area (Å²) >= 11 is 5.80. The number of benzene rings is 2. The van der Waals surface area contributed by atoms with Crippen LogP contribution in [-0.4, -0.2) is 34.8 Å². The number of carboxylic acids is 1. The zero-order chi connectivity index (χ0) is 24.4. The Labute approximate surface area is 198 Å². The Morgan fingerprint density at radius 3 is 2.76 bits per heavy atom. The fourth-order valence-electron chi connectivity index (χ4n) is 3.86. The number of ether oxygens (including phenoxy) is 1. The van der Waals surface area contributed by atoms with Gasteiger partial charge in [-0.2, -0.15) is 0 Å². The van der Waals surface area contributed by atoms with Crippen molar-refractivity contribution in [2.24, 2.45) is 0 Å². The third-order valence-corrected chi connectivity index (χ3v) is 5.70. The number of carbonyl (C=O) groups excluding carboxylic acids is 1. The molecule has 3 aromatic rings. The third kappa shape index (κ3) is 4.94. The molecule has 1 saturated heterocycles. The number of cyclic esters (lactones) is 1. The van der Waals surface area contributed by atoms with Gasteiger partial charge in [0.1, 0.15) is 23.4 Å². The van der Waals surface area contributed by atoms with E-state index in [9.17, 15) is 23.5 Å². The van der Waals surface area contributed by atoms with Crippen molar-refractivity contribution in [3.05, 3.63) is 88.2 Å². The van der Waals surface area contributed by atoms with Crippen molar-refractivity contribution in [2.75, 3.05) is 16.8 Å². The molecule has 4 rings (SSSR count). The number of hydrogen-bond donors (Lipinski definition) is 2. The lowest BCUT2D eigenvalue weighted by atomic mass is 10.0. The highest BCUT2D eigenvalue weighted by atomic mass is 35.5. The average Bonchev–Trinajstić information content (AvgIpc) is 3.15. The molecule has 0 spiro atoms. The number of nitrogens with one attached hydrogen (secondary N) is 1. The minimum absolute atomic E-state index is 0.0251. The maximum Gasteiger partial charge on any atom is 0.414 e. The summed E-state index contributed by atoms with van der Waals surface area (Å²) in [6.07, 6.45) is -0.468. The summed E-state index contributed by atoms with van der Waals surface area (Å²) < 4.78 is 33.9. The molecule has 7 nitrogen and oxygen atoms in total. The maximum atomic E-state index is 14.6. The number of aromatic carboxylic acids is 1. The normalized spacial score (nSPS) is 16.3. The molecule has 176 valence electrons. The highest BCUT2D eigenvalue weighted by molar-refractivity contribution is 6.29. The molecule has 2 aromatic carbocycles. The molecule has 10 heteroatoms. The van der Waals surface area contributed by atoms with Crippen LogP contribution in [0.3, 0.4) is 0 Å². The van der Waals surface area contributed by atoms with Gasteiger partial charge in [0.2, 0.25) is 0 Å². The number of aromatic nitrogens is 1. The first-order valence-corrected chi connectivity index (χ1v) is 10.8. The number of rotatable bonds is 7. The van der Waals surface area contributed by atoms with E-state index < -0.39 is 35.8 Å². The number of carboxylic acid groups (broad SMARTS) is 1. The molecule has 1 aromatic heterocycles. The van der Waals surface area contributed by atoms with Crippen molar-refractivity contribution in [1.82, 2.24) is 4.98 Å². The number of anilines is 2. The summed E-state index contributed by atoms with van der Waals surface area (Å²) in [5.74, 6) is -2.27. The maximum absolute atomic E-state index is 14.6. The molecular weight excluding hydrogens is 468 g/mol. The van der Waals surface area contributed by atoms with Crippen molar-refractivity contribution in [3.8, 4) is 0 Å². The van der Waals surface area contributed by atoms with Crippen molar-refractivity contribution in [1.29, 1.82) is 0 Å². The number of halogens is 3. The second-order valence-electron chi connectivity index (χ2n) is 7.84. The molecule has 2 N–H and O–H groups in total. The second-order valence-corrected chi connectivity index (χ2v) is 8.23. The van der Waals surface area contributed by atoms with E-state index in [-0.39, 0.29) is 35.2 Å². The van der Waals surface area contributed by atoms with Crippen LogP contribution in [0.2, 0.25) is 5.15 Å². The summed E-state index contributed by atoms with van der Waals surface area (Å²) in [6.45, 7) is 1.74. The summed E-state index contributed by atoms with van der Waals surface area (Å²) in [4.78, 5) is 29.1. The van der Waals surface area contributed by atoms with E-state index in [4.69, 9.17) is 16.3 Å². The van der Waals surface area contributed by atoms with Gasteiger partial charge in [0.05, 0.1) is 17.4 Å². The van der Waals surface area contributed by atoms with E-state index in [0.29, 0.717) is 11.1 Å². The Kier molecular flexibility index (Phi) is 6.65. The molecule has 2 heterocycles. The first-order valence-electron chi connectivity index (χ1n) is 10.4. The van der Waals surface area contributed by atoms with Gasteiger partial charge in [0, 0.05) is 6.04 Å². The number of carbonyl (C=O) groups is 2. The molecule has 1 aliphatic rings. The number of hydrogen-bond acceptors (Lipinski definition) is 5. The topological polar surface area (TPSA) is 91.8 Å². The molecule has 1 aliphatic heterocycles. The largest absolute Gasteiger partial charge is 0.476 e. The van der Waals surface area contributed by atoms with Crippen molar-refractivity contribution < 1.29 is 28.2 Å². The molecule has 0 aliphatic carbocycles. The molecule has 0 unspecified atom stereocenters. The highest BCUT2D eigenvalue weighted by Crippen LogP contribution is 2.31. The fourth-order valence-corrected chi connectivity index (χ4v) is 4.01. The third-order valence-electron chi connectivity index (χ3n) is 5.49. The first kappa shape index (κ1) is 23.4. The van der Waals surface area contributed by atoms with E-state index >= 15 is 0 Å². The van der Waals surface area contributed by atoms with Crippen molar-refractivity contribution in [3.63, 3.8) is 0 Å². The number of pyridine rings is 1. The van der Waals surface area contributed by atoms with Crippen LogP contribution < -0.4 is 10.2 Å². The van der Waals surface area contributed by atoms with Crippen LogP contribution >= 0.6 is 11.6 Å². The summed E-state index contributed by atoms with van der Waals surface area (Å²) in [5.41, 5.74) is 1.04. The van der Waals surface area contributed by atoms with Gasteiger partial charge < -0.3 is 15.2 Å². The van der Waals surface area contributed by atoms with Gasteiger partial charge in [-0.15, -0.1) is 0 Å². The number of amides is 1. The molecule has 0 saturated carbocycles. The van der Waals surface area contributed by atoms with E-state index in [1.54, 1.807) is 31.2 Å². The Morgan fingerprint density at radius 2 is 2.03 bits per heavy atom. The zero-order valence-corrected chi connectivity index (χ0v) is 18.7. The monoisotopic (exact) mass is 487 g/mol. The Hall–Kier alpha value is -3.72. The highest BCUT2D eigenvalue weighted by Gasteiger charge is 2.35. The van der Waals surface area contributed by atoms with E-state index in [1.165, 1.54) is 35.2 Å². The van der Waals surface area contributed by atoms with Gasteiger partial charge in [-0.3, -0.25) is 4.90 Å². The smallest absolute Gasteiger partial charge is 0.414 e. The molecule has 2 atom stereocenters. The van der Waals surface area contributed by atoms with Crippen LogP contribution in [0.15, 0.2) is 54.6 Å². The zero-order valence-electron chi connectivity index (χ0n) is 18.0. The Bertz CT molecular complexity index is 1260. The van der Waals surface area contributed by atoms with Gasteiger partial charge in [-0.1, -0.05) is 29.8 Å². The van der Waals surface area contributed by atoms with Crippen molar-refractivity contribution in [2.45, 2.75) is 25.4 Å². The van der Waals surface area contributed by atoms with Gasteiger partial charge in [-0.25, -0.2) is 23.4 Å². The van der Waals surface area contributed by atoms with E-state index in [0.717, 1.165) is 0 Å². The Balaban J connectivity index is 1.62. The van der Waals surface area contributed by atoms with E-state index in [1.807, 2.05) is 0 Å². The first-order chi connectivity index (χ1) is 16.2. The molecule has 34 heavy (non-hydrogen) atoms. The van der Waals surface area contributed by atoms with Crippen LogP contribution in [0.1, 0.15) is 34.6 Å². The Morgan fingerprint density at radius 1 is 1.26 bits per heavy atom. The van der Waals surface area contributed by atoms with Gasteiger partial charge in [0.25, 0.3) is 0 Å². The summed E-state index contributed by atoms with van der Waals surface area (Å²) in [6, 6.07) is 12.1. The molecule has 0 bridgehead atoms. The lowest BCUT2D eigenvalue weighted by molar-refractivity contribution is 0.0691. The lowest BCUT2D eigenvalue weighted by Crippen LogP contribution is -2.35. The fraction of sp³-hybridized carbons (Fsp3) is 0.208. The van der Waals surface area contributed by atoms with Crippen LogP contribution in [0, 0.1) is 11.6 Å². The van der Waals surface area contributed by atoms with Gasteiger partial charge in [0.15, 0.2) is 5.69 Å². The van der Waals surface area contributed by atoms with Crippen LogP contribution in [0.5, 0.6) is 0 Å². The standard InChI is InChI=1S/C24H20ClF2N3O4/c1-13(28-20-6-7-21(25)29-22(20)23(31)32)15-8-16(26)11-17(10-15)30-18(12-34-24(30)33)9-14-4-2-3-5-19(14)27/h2-8,10-11,13,18,28H,9,12H2,1H3,(H,31,32)/t13-,18+/m1/s1. The predicted molar refractivity (Wildman–Crippen MR) is 122 cm³/mol. The summed E-state index contributed by atoms with van der Waals surface area (Å²) in [5, 5.41) is 12.4. The van der Waals surface area contributed by atoms with Gasteiger partial charge in [-0.05, 0) is 60.9 Å². The van der Waals surface area contributed by atoms with E-state index in [2.05, 4.69) is 10.3 Å². The molecule has 0 radical (unpaired) electrons. The molecule has 1 amide bonds. The minimum atomic E-state index is -1.27. The van der Waals surface area contributed by atoms with Crippen LogP contribution in [-0.2, 0) is 11.2 Å². The summed E-state index contributed by atoms with van der Waals surface area (Å²) in [7, 11) is 0. The SMILES string of the molecule is C[C@@H](Nc1ccc(Cl)nc1C(=O)O)c1cc(F)cc(N2C(=O)OC[C@@H]2Cc2ccccc2F)c1.